The van der Waals surface area contributed by atoms with Gasteiger partial charge in [0.05, 0.1) is 5.56 Å². The molecule has 0 fully saturated rings. The molecule has 0 amide bonds. The van der Waals surface area contributed by atoms with Gasteiger partial charge in [-0.3, -0.25) is 0 Å². The van der Waals surface area contributed by atoms with E-state index in [1.807, 2.05) is 6.92 Å². The molecular formula is C12H14F3N. The first-order chi connectivity index (χ1) is 7.31. The third-order valence-electron chi connectivity index (χ3n) is 3.19. The lowest BCUT2D eigenvalue weighted by Gasteiger charge is -2.32. The average molecular weight is 229 g/mol. The molecule has 1 atom stereocenters. The topological polar surface area (TPSA) is 26.0 Å². The minimum Gasteiger partial charge on any atom is -0.322 e. The molecule has 4 heteroatoms. The number of benzene rings is 1. The Balaban J connectivity index is 2.48. The van der Waals surface area contributed by atoms with Crippen LogP contribution in [-0.4, -0.2) is 0 Å². The van der Waals surface area contributed by atoms with Crippen LogP contribution in [0.25, 0.3) is 0 Å². The largest absolute Gasteiger partial charge is 0.416 e. The number of hydrogen-bond acceptors (Lipinski definition) is 1. The Morgan fingerprint density at radius 2 is 2.00 bits per heavy atom. The molecule has 1 aliphatic rings. The van der Waals surface area contributed by atoms with E-state index in [2.05, 4.69) is 0 Å². The van der Waals surface area contributed by atoms with Gasteiger partial charge in [-0.15, -0.1) is 0 Å². The van der Waals surface area contributed by atoms with Crippen molar-refractivity contribution >= 4 is 0 Å². The van der Waals surface area contributed by atoms with Gasteiger partial charge in [-0.1, -0.05) is 6.07 Å². The second-order valence-corrected chi connectivity index (χ2v) is 4.64. The van der Waals surface area contributed by atoms with Crippen molar-refractivity contribution in [3.8, 4) is 0 Å². The fourth-order valence-electron chi connectivity index (χ4n) is 2.31. The quantitative estimate of drug-likeness (QED) is 0.726. The molecule has 0 heterocycles. The Morgan fingerprint density at radius 1 is 1.31 bits per heavy atom. The van der Waals surface area contributed by atoms with Gasteiger partial charge >= 0.3 is 6.18 Å². The highest BCUT2D eigenvalue weighted by Crippen LogP contribution is 2.37. The molecule has 1 aromatic carbocycles. The lowest BCUT2D eigenvalue weighted by Crippen LogP contribution is -2.36. The summed E-state index contributed by atoms with van der Waals surface area (Å²) < 4.78 is 37.6. The summed E-state index contributed by atoms with van der Waals surface area (Å²) in [6.07, 6.45) is -1.91. The van der Waals surface area contributed by atoms with Crippen LogP contribution in [0.1, 0.15) is 36.5 Å². The van der Waals surface area contributed by atoms with Crippen LogP contribution in [0, 0.1) is 0 Å². The molecule has 0 aromatic heterocycles. The molecular weight excluding hydrogens is 215 g/mol. The van der Waals surface area contributed by atoms with Crippen molar-refractivity contribution in [1.29, 1.82) is 0 Å². The van der Waals surface area contributed by atoms with Gasteiger partial charge in [-0.25, -0.2) is 0 Å². The monoisotopic (exact) mass is 229 g/mol. The summed E-state index contributed by atoms with van der Waals surface area (Å²) in [7, 11) is 0. The SMILES string of the molecule is CC1(N)CCCc2cc(C(F)(F)F)ccc21. The number of fused-ring (bicyclic) bond motifs is 1. The van der Waals surface area contributed by atoms with Crippen molar-refractivity contribution in [3.05, 3.63) is 34.9 Å². The normalized spacial score (nSPS) is 25.3. The Hall–Kier alpha value is -1.03. The number of nitrogens with two attached hydrogens (primary N) is 1. The van der Waals surface area contributed by atoms with Crippen molar-refractivity contribution in [1.82, 2.24) is 0 Å². The molecule has 1 nitrogen and oxygen atoms in total. The van der Waals surface area contributed by atoms with Crippen molar-refractivity contribution < 1.29 is 13.2 Å². The lowest BCUT2D eigenvalue weighted by molar-refractivity contribution is -0.137. The molecule has 1 aliphatic carbocycles. The van der Waals surface area contributed by atoms with E-state index >= 15 is 0 Å². The molecule has 1 aromatic rings. The van der Waals surface area contributed by atoms with E-state index in [9.17, 15) is 13.2 Å². The van der Waals surface area contributed by atoms with Gasteiger partial charge in [0.25, 0.3) is 0 Å². The third kappa shape index (κ3) is 1.94. The molecule has 0 saturated carbocycles. The summed E-state index contributed by atoms with van der Waals surface area (Å²) in [6.45, 7) is 1.87. The summed E-state index contributed by atoms with van der Waals surface area (Å²) in [5, 5.41) is 0. The van der Waals surface area contributed by atoms with Gasteiger partial charge in [0.2, 0.25) is 0 Å². The van der Waals surface area contributed by atoms with E-state index in [-0.39, 0.29) is 0 Å². The smallest absolute Gasteiger partial charge is 0.322 e. The van der Waals surface area contributed by atoms with E-state index in [4.69, 9.17) is 5.73 Å². The molecule has 2 rings (SSSR count). The first-order valence-corrected chi connectivity index (χ1v) is 5.30. The molecule has 0 saturated heterocycles. The number of hydrogen-bond donors (Lipinski definition) is 1. The molecule has 16 heavy (non-hydrogen) atoms. The van der Waals surface area contributed by atoms with Crippen LogP contribution < -0.4 is 5.73 Å². The van der Waals surface area contributed by atoms with Gasteiger partial charge in [-0.05, 0) is 49.4 Å². The highest BCUT2D eigenvalue weighted by molar-refractivity contribution is 5.39. The molecule has 0 bridgehead atoms. The first kappa shape index (κ1) is 11.5. The fraction of sp³-hybridized carbons (Fsp3) is 0.500. The lowest BCUT2D eigenvalue weighted by atomic mass is 9.78. The highest BCUT2D eigenvalue weighted by atomic mass is 19.4. The van der Waals surface area contributed by atoms with Gasteiger partial charge in [0.15, 0.2) is 0 Å². The van der Waals surface area contributed by atoms with E-state index in [0.717, 1.165) is 30.0 Å². The summed E-state index contributed by atoms with van der Waals surface area (Å²) in [4.78, 5) is 0. The van der Waals surface area contributed by atoms with Crippen molar-refractivity contribution in [2.45, 2.75) is 37.9 Å². The zero-order valence-corrected chi connectivity index (χ0v) is 9.06. The van der Waals surface area contributed by atoms with Crippen LogP contribution in [-0.2, 0) is 18.1 Å². The van der Waals surface area contributed by atoms with Crippen molar-refractivity contribution in [2.75, 3.05) is 0 Å². The predicted octanol–water partition coefficient (Wildman–Crippen LogP) is 3.22. The molecule has 0 aliphatic heterocycles. The highest BCUT2D eigenvalue weighted by Gasteiger charge is 2.34. The van der Waals surface area contributed by atoms with Gasteiger partial charge in [-0.2, -0.15) is 13.2 Å². The number of alkyl halides is 3. The van der Waals surface area contributed by atoms with Gasteiger partial charge in [0, 0.05) is 5.54 Å². The summed E-state index contributed by atoms with van der Waals surface area (Å²) in [6, 6.07) is 3.88. The van der Waals surface area contributed by atoms with Gasteiger partial charge in [0.1, 0.15) is 0 Å². The Labute approximate surface area is 92.5 Å². The maximum Gasteiger partial charge on any atom is 0.416 e. The third-order valence-corrected chi connectivity index (χ3v) is 3.19. The standard InChI is InChI=1S/C12H14F3N/c1-11(16)6-2-3-8-7-9(12(13,14)15)4-5-10(8)11/h4-5,7H,2-3,6,16H2,1H3. The van der Waals surface area contributed by atoms with Crippen LogP contribution in [0.5, 0.6) is 0 Å². The Kier molecular flexibility index (Phi) is 2.49. The van der Waals surface area contributed by atoms with Gasteiger partial charge < -0.3 is 5.73 Å². The first-order valence-electron chi connectivity index (χ1n) is 5.30. The minimum atomic E-state index is -4.27. The van der Waals surface area contributed by atoms with Crippen LogP contribution in [0.4, 0.5) is 13.2 Å². The second kappa shape index (κ2) is 3.48. The summed E-state index contributed by atoms with van der Waals surface area (Å²) in [5.41, 5.74) is 6.59. The summed E-state index contributed by atoms with van der Waals surface area (Å²) in [5.74, 6) is 0. The zero-order chi connectivity index (χ0) is 12.0. The molecule has 2 N–H and O–H groups in total. The van der Waals surface area contributed by atoms with Crippen LogP contribution >= 0.6 is 0 Å². The van der Waals surface area contributed by atoms with Crippen LogP contribution in [0.3, 0.4) is 0 Å². The zero-order valence-electron chi connectivity index (χ0n) is 9.06. The van der Waals surface area contributed by atoms with Crippen molar-refractivity contribution in [2.24, 2.45) is 5.73 Å². The number of rotatable bonds is 0. The van der Waals surface area contributed by atoms with E-state index in [1.165, 1.54) is 12.1 Å². The van der Waals surface area contributed by atoms with E-state index in [0.29, 0.717) is 6.42 Å². The Bertz CT molecular complexity index is 407. The Morgan fingerprint density at radius 3 is 2.62 bits per heavy atom. The number of aryl methyl sites for hydroxylation is 1. The molecule has 0 spiro atoms. The number of halogens is 3. The van der Waals surface area contributed by atoms with Crippen molar-refractivity contribution in [3.63, 3.8) is 0 Å². The molecule has 0 radical (unpaired) electrons. The minimum absolute atomic E-state index is 0.488. The predicted molar refractivity (Wildman–Crippen MR) is 55.9 cm³/mol. The molecule has 88 valence electrons. The van der Waals surface area contributed by atoms with Crippen LogP contribution in [0.15, 0.2) is 18.2 Å². The second-order valence-electron chi connectivity index (χ2n) is 4.64. The maximum atomic E-state index is 12.5. The van der Waals surface area contributed by atoms with E-state index < -0.39 is 17.3 Å². The maximum absolute atomic E-state index is 12.5. The summed E-state index contributed by atoms with van der Waals surface area (Å²) >= 11 is 0. The van der Waals surface area contributed by atoms with E-state index in [1.54, 1.807) is 0 Å². The van der Waals surface area contributed by atoms with Crippen LogP contribution in [0.2, 0.25) is 0 Å². The average Bonchev–Trinajstić information content (AvgIpc) is 2.15. The molecule has 1 unspecified atom stereocenters. The fourth-order valence-corrected chi connectivity index (χ4v) is 2.31.